The lowest BCUT2D eigenvalue weighted by molar-refractivity contribution is 0.0816. The van der Waals surface area contributed by atoms with Gasteiger partial charge in [0.1, 0.15) is 6.61 Å². The van der Waals surface area contributed by atoms with Crippen molar-refractivity contribution in [2.75, 3.05) is 13.7 Å². The van der Waals surface area contributed by atoms with Gasteiger partial charge in [-0.05, 0) is 59.5 Å². The molecule has 4 heteroatoms. The third-order valence-corrected chi connectivity index (χ3v) is 3.80. The third kappa shape index (κ3) is 7.32. The Morgan fingerprint density at radius 1 is 1.19 bits per heavy atom. The van der Waals surface area contributed by atoms with Crippen LogP contribution in [-0.4, -0.2) is 31.6 Å². The molecule has 1 aliphatic rings. The fraction of sp³-hybridized carbons (Fsp3) is 0.706. The summed E-state index contributed by atoms with van der Waals surface area (Å²) in [5.74, 6) is 0. The van der Waals surface area contributed by atoms with E-state index in [0.29, 0.717) is 6.10 Å². The van der Waals surface area contributed by atoms with Gasteiger partial charge in [-0.15, -0.1) is 0 Å². The maximum Gasteiger partial charge on any atom is 0.508 e. The monoisotopic (exact) mass is 296 g/mol. The second-order valence-electron chi connectivity index (χ2n) is 6.15. The predicted octanol–water partition coefficient (Wildman–Crippen LogP) is 4.40. The van der Waals surface area contributed by atoms with Crippen molar-refractivity contribution in [1.29, 1.82) is 0 Å². The number of carbonyl (C=O) groups excluding carboxylic acids is 1. The molecule has 0 bridgehead atoms. The number of hydrogen-bond acceptors (Lipinski definition) is 4. The fourth-order valence-corrected chi connectivity index (χ4v) is 2.16. The van der Waals surface area contributed by atoms with Crippen LogP contribution in [-0.2, 0) is 14.2 Å². The summed E-state index contributed by atoms with van der Waals surface area (Å²) in [7, 11) is 1.31. The van der Waals surface area contributed by atoms with Gasteiger partial charge in [-0.2, -0.15) is 0 Å². The highest BCUT2D eigenvalue weighted by Gasteiger charge is 2.46. The van der Waals surface area contributed by atoms with Gasteiger partial charge in [-0.1, -0.05) is 17.2 Å². The third-order valence-electron chi connectivity index (χ3n) is 3.80. The first-order valence-electron chi connectivity index (χ1n) is 7.55. The molecular formula is C17H28O4. The van der Waals surface area contributed by atoms with Crippen LogP contribution in [0, 0.1) is 0 Å². The van der Waals surface area contributed by atoms with Crippen LogP contribution in [0.1, 0.15) is 53.4 Å². The summed E-state index contributed by atoms with van der Waals surface area (Å²) in [4.78, 5) is 10.8. The van der Waals surface area contributed by atoms with Gasteiger partial charge in [0.15, 0.2) is 0 Å². The number of rotatable bonds is 8. The van der Waals surface area contributed by atoms with E-state index in [-0.39, 0.29) is 12.2 Å². The number of allylic oxidation sites excluding steroid dienone is 3. The summed E-state index contributed by atoms with van der Waals surface area (Å²) < 4.78 is 14.8. The molecule has 1 rings (SSSR count). The van der Waals surface area contributed by atoms with E-state index >= 15 is 0 Å². The first kappa shape index (κ1) is 17.8. The molecule has 1 fully saturated rings. The molecule has 0 N–H and O–H groups in total. The Balaban J connectivity index is 2.14. The molecule has 0 aromatic rings. The van der Waals surface area contributed by atoms with Gasteiger partial charge in [-0.25, -0.2) is 4.79 Å². The predicted molar refractivity (Wildman–Crippen MR) is 83.3 cm³/mol. The zero-order valence-corrected chi connectivity index (χ0v) is 13.9. The van der Waals surface area contributed by atoms with Crippen LogP contribution in [0.5, 0.6) is 0 Å². The van der Waals surface area contributed by atoms with E-state index in [2.05, 4.69) is 31.6 Å². The highest BCUT2D eigenvalue weighted by atomic mass is 16.7. The van der Waals surface area contributed by atoms with Crippen LogP contribution in [0.25, 0.3) is 0 Å². The lowest BCUT2D eigenvalue weighted by Gasteiger charge is -2.03. The number of carbonyl (C=O) groups is 1. The van der Waals surface area contributed by atoms with Crippen molar-refractivity contribution in [3.05, 3.63) is 23.3 Å². The smallest absolute Gasteiger partial charge is 0.438 e. The number of epoxide rings is 1. The molecular weight excluding hydrogens is 268 g/mol. The average molecular weight is 296 g/mol. The van der Waals surface area contributed by atoms with E-state index in [1.165, 1.54) is 18.3 Å². The van der Waals surface area contributed by atoms with Crippen molar-refractivity contribution in [3.63, 3.8) is 0 Å². The number of methoxy groups -OCH3 is 1. The average Bonchev–Trinajstić information content (AvgIpc) is 3.03. The zero-order chi connectivity index (χ0) is 15.9. The van der Waals surface area contributed by atoms with E-state index in [1.54, 1.807) is 0 Å². The van der Waals surface area contributed by atoms with E-state index in [9.17, 15) is 4.79 Å². The van der Waals surface area contributed by atoms with Crippen LogP contribution >= 0.6 is 0 Å². The molecule has 1 saturated heterocycles. The summed E-state index contributed by atoms with van der Waals surface area (Å²) in [6.45, 7) is 8.77. The normalized spacial score (nSPS) is 21.1. The second-order valence-corrected chi connectivity index (χ2v) is 6.15. The molecule has 0 aromatic heterocycles. The molecule has 0 radical (unpaired) electrons. The molecule has 1 atom stereocenters. The summed E-state index contributed by atoms with van der Waals surface area (Å²) >= 11 is 0. The van der Waals surface area contributed by atoms with Gasteiger partial charge in [0.05, 0.1) is 18.8 Å². The van der Waals surface area contributed by atoms with Gasteiger partial charge >= 0.3 is 6.16 Å². The highest BCUT2D eigenvalue weighted by molar-refractivity contribution is 5.59. The minimum absolute atomic E-state index is 0.0965. The second kappa shape index (κ2) is 8.23. The maximum absolute atomic E-state index is 10.8. The van der Waals surface area contributed by atoms with Crippen LogP contribution < -0.4 is 0 Å². The Hall–Kier alpha value is -1.29. The van der Waals surface area contributed by atoms with Crippen molar-refractivity contribution in [2.45, 2.75) is 65.1 Å². The topological polar surface area (TPSA) is 48.1 Å². The first-order chi connectivity index (χ1) is 9.85. The minimum Gasteiger partial charge on any atom is -0.438 e. The number of hydrogen-bond donors (Lipinski definition) is 0. The van der Waals surface area contributed by atoms with Gasteiger partial charge in [0.25, 0.3) is 0 Å². The molecule has 120 valence electrons. The molecule has 21 heavy (non-hydrogen) atoms. The molecule has 1 heterocycles. The van der Waals surface area contributed by atoms with Gasteiger partial charge in [-0.3, -0.25) is 0 Å². The van der Waals surface area contributed by atoms with Crippen molar-refractivity contribution in [1.82, 2.24) is 0 Å². The quantitative estimate of drug-likeness (QED) is 0.378. The summed E-state index contributed by atoms with van der Waals surface area (Å²) in [6, 6.07) is 0. The number of ether oxygens (including phenoxy) is 3. The first-order valence-corrected chi connectivity index (χ1v) is 7.55. The van der Waals surface area contributed by atoms with Crippen molar-refractivity contribution < 1.29 is 19.0 Å². The molecule has 1 unspecified atom stereocenters. The Kier molecular flexibility index (Phi) is 6.96. The largest absolute Gasteiger partial charge is 0.508 e. The van der Waals surface area contributed by atoms with Crippen LogP contribution in [0.2, 0.25) is 0 Å². The van der Waals surface area contributed by atoms with Crippen molar-refractivity contribution in [2.24, 2.45) is 0 Å². The van der Waals surface area contributed by atoms with Crippen molar-refractivity contribution >= 4 is 6.16 Å². The molecule has 0 aromatic carbocycles. The summed E-state index contributed by atoms with van der Waals surface area (Å²) in [5.41, 5.74) is 2.73. The van der Waals surface area contributed by atoms with Crippen molar-refractivity contribution in [3.8, 4) is 0 Å². The Labute approximate surface area is 128 Å². The highest BCUT2D eigenvalue weighted by Crippen LogP contribution is 2.38. The van der Waals surface area contributed by atoms with Crippen LogP contribution in [0.4, 0.5) is 4.79 Å². The molecule has 0 saturated carbocycles. The summed E-state index contributed by atoms with van der Waals surface area (Å²) in [6.07, 6.45) is 8.20. The molecule has 1 aliphatic heterocycles. The van der Waals surface area contributed by atoms with Gasteiger partial charge in [0, 0.05) is 0 Å². The van der Waals surface area contributed by atoms with E-state index in [4.69, 9.17) is 9.47 Å². The fourth-order valence-electron chi connectivity index (χ4n) is 2.16. The molecule has 4 nitrogen and oxygen atoms in total. The lowest BCUT2D eigenvalue weighted by Crippen LogP contribution is -2.03. The molecule has 0 aliphatic carbocycles. The lowest BCUT2D eigenvalue weighted by atomic mass is 10.0. The van der Waals surface area contributed by atoms with Crippen LogP contribution in [0.15, 0.2) is 23.3 Å². The Morgan fingerprint density at radius 3 is 2.38 bits per heavy atom. The Morgan fingerprint density at radius 2 is 1.81 bits per heavy atom. The van der Waals surface area contributed by atoms with E-state index in [0.717, 1.165) is 25.7 Å². The molecule has 0 spiro atoms. The SMILES string of the molecule is COC(=O)OC/C=C(\C)CC/C=C(\C)CCC1OC1(C)C. The Bertz CT molecular complexity index is 407. The zero-order valence-electron chi connectivity index (χ0n) is 13.9. The minimum atomic E-state index is -0.639. The van der Waals surface area contributed by atoms with Crippen LogP contribution in [0.3, 0.4) is 0 Å². The van der Waals surface area contributed by atoms with Gasteiger partial charge < -0.3 is 14.2 Å². The summed E-state index contributed by atoms with van der Waals surface area (Å²) in [5, 5.41) is 0. The standard InChI is InChI=1S/C17H28O4/c1-13(9-10-15-17(3,4)21-15)7-6-8-14(2)11-12-20-16(18)19-5/h7,11,15H,6,8-10,12H2,1-5H3/b13-7+,14-11+. The van der Waals surface area contributed by atoms with Gasteiger partial charge in [0.2, 0.25) is 0 Å². The maximum atomic E-state index is 10.8. The molecule has 0 amide bonds. The van der Waals surface area contributed by atoms with E-state index < -0.39 is 6.16 Å². The van der Waals surface area contributed by atoms with E-state index in [1.807, 2.05) is 13.0 Å².